The van der Waals surface area contributed by atoms with E-state index in [4.69, 9.17) is 4.74 Å². The van der Waals surface area contributed by atoms with Gasteiger partial charge < -0.3 is 30.9 Å². The summed E-state index contributed by atoms with van der Waals surface area (Å²) >= 11 is 0. The lowest BCUT2D eigenvalue weighted by Crippen LogP contribution is -2.61. The van der Waals surface area contributed by atoms with Crippen molar-refractivity contribution in [1.82, 2.24) is 26.2 Å². The van der Waals surface area contributed by atoms with E-state index >= 15 is 0 Å². The lowest BCUT2D eigenvalue weighted by atomic mass is 9.83. The number of hydrogen-bond donors (Lipinski definition) is 4. The Morgan fingerprint density at radius 2 is 1.48 bits per heavy atom. The first-order valence-electron chi connectivity index (χ1n) is 17.1. The van der Waals surface area contributed by atoms with Crippen molar-refractivity contribution in [2.75, 3.05) is 6.54 Å². The van der Waals surface area contributed by atoms with E-state index < -0.39 is 42.1 Å². The highest BCUT2D eigenvalue weighted by molar-refractivity contribution is 5.96. The van der Waals surface area contributed by atoms with Gasteiger partial charge in [0.25, 0.3) is 0 Å². The van der Waals surface area contributed by atoms with Crippen LogP contribution in [0.3, 0.4) is 0 Å². The van der Waals surface area contributed by atoms with Crippen LogP contribution in [0.1, 0.15) is 119 Å². The summed E-state index contributed by atoms with van der Waals surface area (Å²) in [7, 11) is 0. The summed E-state index contributed by atoms with van der Waals surface area (Å²) in [4.78, 5) is 68.8. The molecule has 11 heteroatoms. The Morgan fingerprint density at radius 3 is 2.11 bits per heavy atom. The van der Waals surface area contributed by atoms with Crippen molar-refractivity contribution in [2.24, 2.45) is 17.8 Å². The van der Waals surface area contributed by atoms with Gasteiger partial charge in [-0.1, -0.05) is 59.3 Å². The SMILES string of the molecule is CCCCNC(=O)[C@@H]1CC2CCCCC2N1C(=O)[C@@H](NC(=O)C(NC(=O)C(C)NC(=O)OC(C)C)C1CCCCC1)C(C)C. The fourth-order valence-electron chi connectivity index (χ4n) is 7.07. The first kappa shape index (κ1) is 35.6. The molecular weight excluding hydrogens is 562 g/mol. The molecule has 1 heterocycles. The van der Waals surface area contributed by atoms with E-state index in [-0.39, 0.29) is 41.7 Å². The number of nitrogens with zero attached hydrogens (tertiary/aromatic N) is 1. The standard InChI is InChI=1S/C33H57N5O6/c1-7-8-18-34-30(40)26-19-24-16-12-13-17-25(24)38(26)32(42)27(20(2)3)36-31(41)28(23-14-10-9-11-15-23)37-29(39)22(6)35-33(43)44-21(4)5/h20-28H,7-19H2,1-6H3,(H,34,40)(H,35,43)(H,36,41)(H,37,39)/t22?,24?,25?,26-,27-,28?/m0/s1. The molecule has 250 valence electrons. The largest absolute Gasteiger partial charge is 0.447 e. The highest BCUT2D eigenvalue weighted by Crippen LogP contribution is 2.40. The molecule has 11 nitrogen and oxygen atoms in total. The molecule has 5 amide bonds. The van der Waals surface area contributed by atoms with Gasteiger partial charge in [0.05, 0.1) is 6.10 Å². The minimum atomic E-state index is -0.914. The number of rotatable bonds is 13. The highest BCUT2D eigenvalue weighted by Gasteiger charge is 2.49. The predicted molar refractivity (Wildman–Crippen MR) is 168 cm³/mol. The van der Waals surface area contributed by atoms with Crippen LogP contribution in [0.5, 0.6) is 0 Å². The van der Waals surface area contributed by atoms with Gasteiger partial charge in [0.15, 0.2) is 0 Å². The molecule has 1 aliphatic heterocycles. The van der Waals surface area contributed by atoms with Crippen molar-refractivity contribution in [3.8, 4) is 0 Å². The Balaban J connectivity index is 1.79. The molecule has 3 aliphatic rings. The molecule has 4 unspecified atom stereocenters. The zero-order valence-electron chi connectivity index (χ0n) is 27.8. The number of likely N-dealkylation sites (tertiary alicyclic amines) is 1. The minimum absolute atomic E-state index is 0.0114. The molecule has 0 radical (unpaired) electrons. The Bertz CT molecular complexity index is 997. The number of nitrogens with one attached hydrogen (secondary N) is 4. The quantitative estimate of drug-likeness (QED) is 0.231. The van der Waals surface area contributed by atoms with Crippen LogP contribution in [0, 0.1) is 17.8 Å². The molecule has 0 spiro atoms. The molecule has 1 saturated heterocycles. The van der Waals surface area contributed by atoms with Crippen LogP contribution >= 0.6 is 0 Å². The average Bonchev–Trinajstić information content (AvgIpc) is 3.37. The van der Waals surface area contributed by atoms with Crippen LogP contribution in [0.2, 0.25) is 0 Å². The van der Waals surface area contributed by atoms with Crippen molar-refractivity contribution >= 4 is 29.7 Å². The molecule has 3 fully saturated rings. The summed E-state index contributed by atoms with van der Waals surface area (Å²) in [6.07, 6.45) is 9.99. The summed E-state index contributed by atoms with van der Waals surface area (Å²) in [6.45, 7) is 11.4. The Kier molecular flexibility index (Phi) is 13.8. The van der Waals surface area contributed by atoms with Crippen LogP contribution in [-0.4, -0.2) is 77.5 Å². The highest BCUT2D eigenvalue weighted by atomic mass is 16.6. The van der Waals surface area contributed by atoms with Gasteiger partial charge in [-0.15, -0.1) is 0 Å². The second-order valence-corrected chi connectivity index (χ2v) is 13.7. The number of amides is 5. The van der Waals surface area contributed by atoms with Crippen molar-refractivity contribution in [3.05, 3.63) is 0 Å². The maximum atomic E-state index is 14.3. The molecule has 6 atom stereocenters. The van der Waals surface area contributed by atoms with Gasteiger partial charge in [-0.3, -0.25) is 19.2 Å². The molecule has 4 N–H and O–H groups in total. The molecule has 0 aromatic carbocycles. The molecule has 0 aromatic heterocycles. The van der Waals surface area contributed by atoms with E-state index in [0.29, 0.717) is 13.0 Å². The van der Waals surface area contributed by atoms with Crippen LogP contribution in [0.4, 0.5) is 4.79 Å². The third kappa shape index (κ3) is 9.57. The van der Waals surface area contributed by atoms with Gasteiger partial charge in [0, 0.05) is 12.6 Å². The van der Waals surface area contributed by atoms with Gasteiger partial charge in [0.1, 0.15) is 24.2 Å². The van der Waals surface area contributed by atoms with Gasteiger partial charge >= 0.3 is 6.09 Å². The first-order chi connectivity index (χ1) is 20.9. The van der Waals surface area contributed by atoms with Crippen molar-refractivity contribution in [1.29, 1.82) is 0 Å². The third-order valence-corrected chi connectivity index (χ3v) is 9.48. The number of carbonyl (C=O) groups is 5. The zero-order chi connectivity index (χ0) is 32.4. The monoisotopic (exact) mass is 619 g/mol. The van der Waals surface area contributed by atoms with Crippen LogP contribution in [0.25, 0.3) is 0 Å². The zero-order valence-corrected chi connectivity index (χ0v) is 27.8. The van der Waals surface area contributed by atoms with E-state index in [9.17, 15) is 24.0 Å². The van der Waals surface area contributed by atoms with Crippen molar-refractivity contribution in [2.45, 2.75) is 155 Å². The second-order valence-electron chi connectivity index (χ2n) is 13.7. The van der Waals surface area contributed by atoms with E-state index in [1.807, 2.05) is 13.8 Å². The van der Waals surface area contributed by atoms with Gasteiger partial charge in [0.2, 0.25) is 23.6 Å². The number of unbranched alkanes of at least 4 members (excludes halogenated alkanes) is 1. The van der Waals surface area contributed by atoms with Crippen LogP contribution in [-0.2, 0) is 23.9 Å². The second kappa shape index (κ2) is 17.0. The minimum Gasteiger partial charge on any atom is -0.447 e. The number of carbonyl (C=O) groups excluding carboxylic acids is 5. The Hall–Kier alpha value is -2.85. The molecule has 0 aromatic rings. The van der Waals surface area contributed by atoms with E-state index in [2.05, 4.69) is 28.2 Å². The smallest absolute Gasteiger partial charge is 0.408 e. The number of fused-ring (bicyclic) bond motifs is 1. The predicted octanol–water partition coefficient (Wildman–Crippen LogP) is 3.79. The summed E-state index contributed by atoms with van der Waals surface area (Å²) in [5, 5.41) is 11.5. The summed E-state index contributed by atoms with van der Waals surface area (Å²) in [5.74, 6) is -1.26. The summed E-state index contributed by atoms with van der Waals surface area (Å²) in [5.41, 5.74) is 0. The maximum Gasteiger partial charge on any atom is 0.408 e. The number of hydrogen-bond acceptors (Lipinski definition) is 6. The van der Waals surface area contributed by atoms with Crippen molar-refractivity contribution in [3.63, 3.8) is 0 Å². The lowest BCUT2D eigenvalue weighted by Gasteiger charge is -2.38. The summed E-state index contributed by atoms with van der Waals surface area (Å²) in [6, 6.07) is -3.16. The fourth-order valence-corrected chi connectivity index (χ4v) is 7.07. The first-order valence-corrected chi connectivity index (χ1v) is 17.1. The lowest BCUT2D eigenvalue weighted by molar-refractivity contribution is -0.145. The fraction of sp³-hybridized carbons (Fsp3) is 0.848. The average molecular weight is 620 g/mol. The molecule has 3 rings (SSSR count). The van der Waals surface area contributed by atoms with Crippen molar-refractivity contribution < 1.29 is 28.7 Å². The number of ether oxygens (including phenoxy) is 1. The Morgan fingerprint density at radius 1 is 0.818 bits per heavy atom. The molecular formula is C33H57N5O6. The molecule has 0 bridgehead atoms. The maximum absolute atomic E-state index is 14.3. The number of alkyl carbamates (subject to hydrolysis) is 1. The molecule has 44 heavy (non-hydrogen) atoms. The van der Waals surface area contributed by atoms with E-state index in [1.54, 1.807) is 25.7 Å². The van der Waals surface area contributed by atoms with Gasteiger partial charge in [-0.25, -0.2) is 4.79 Å². The third-order valence-electron chi connectivity index (χ3n) is 9.48. The van der Waals surface area contributed by atoms with E-state index in [0.717, 1.165) is 70.6 Å². The Labute approximate surface area is 263 Å². The topological polar surface area (TPSA) is 146 Å². The summed E-state index contributed by atoms with van der Waals surface area (Å²) < 4.78 is 5.10. The van der Waals surface area contributed by atoms with Crippen LogP contribution < -0.4 is 21.3 Å². The normalized spacial score (nSPS) is 24.2. The molecule has 2 aliphatic carbocycles. The van der Waals surface area contributed by atoms with Crippen LogP contribution in [0.15, 0.2) is 0 Å². The van der Waals surface area contributed by atoms with Gasteiger partial charge in [-0.05, 0) is 77.0 Å². The van der Waals surface area contributed by atoms with E-state index in [1.165, 1.54) is 0 Å². The van der Waals surface area contributed by atoms with Gasteiger partial charge in [-0.2, -0.15) is 0 Å². The molecule has 2 saturated carbocycles.